The van der Waals surface area contributed by atoms with Crippen LogP contribution in [0, 0.1) is 11.3 Å². The van der Waals surface area contributed by atoms with Crippen molar-refractivity contribution in [3.63, 3.8) is 0 Å². The Morgan fingerprint density at radius 1 is 1.33 bits per heavy atom. The fourth-order valence-corrected chi connectivity index (χ4v) is 1.96. The molecule has 0 aliphatic heterocycles. The summed E-state index contributed by atoms with van der Waals surface area (Å²) in [6.07, 6.45) is 0.581. The maximum atomic E-state index is 11.0. The Balaban J connectivity index is 2.02. The fraction of sp³-hybridized carbons (Fsp3) is 0.353. The summed E-state index contributed by atoms with van der Waals surface area (Å²) < 4.78 is 10.7. The average molecular weight is 329 g/mol. The van der Waals surface area contributed by atoms with Gasteiger partial charge in [0, 0.05) is 5.56 Å². The third kappa shape index (κ3) is 4.57. The van der Waals surface area contributed by atoms with Crippen LogP contribution in [0.5, 0.6) is 5.88 Å². The van der Waals surface area contributed by atoms with Crippen LogP contribution in [0.25, 0.3) is 11.3 Å². The minimum Gasteiger partial charge on any atom is -0.473 e. The molecular weight excluding hydrogens is 310 g/mol. The van der Waals surface area contributed by atoms with Gasteiger partial charge < -0.3 is 9.26 Å². The lowest BCUT2D eigenvalue weighted by atomic mass is 10.1. The lowest BCUT2D eigenvalue weighted by Gasteiger charge is -2.26. The van der Waals surface area contributed by atoms with Gasteiger partial charge in [-0.15, -0.1) is 0 Å². The van der Waals surface area contributed by atoms with Crippen LogP contribution in [0.3, 0.4) is 0 Å². The number of hydrogen-bond acceptors (Lipinski definition) is 6. The summed E-state index contributed by atoms with van der Waals surface area (Å²) in [6, 6.07) is 11.2. The number of nitrogens with zero attached hydrogens (tertiary/aromatic N) is 3. The molecule has 0 aliphatic carbocycles. The highest BCUT2D eigenvalue weighted by Crippen LogP contribution is 2.29. The molecule has 0 fully saturated rings. The Bertz CT molecular complexity index is 714. The van der Waals surface area contributed by atoms with Gasteiger partial charge in [-0.3, -0.25) is 9.63 Å². The molecule has 0 saturated carbocycles. The first-order valence-electron chi connectivity index (χ1n) is 7.43. The summed E-state index contributed by atoms with van der Waals surface area (Å²) in [5.74, 6) is 0.448. The van der Waals surface area contributed by atoms with Crippen LogP contribution >= 0.6 is 0 Å². The van der Waals surface area contributed by atoms with E-state index in [9.17, 15) is 10.1 Å². The lowest BCUT2D eigenvalue weighted by Crippen LogP contribution is -2.35. The maximum Gasteiger partial charge on any atom is 0.273 e. The van der Waals surface area contributed by atoms with Gasteiger partial charge in [0.25, 0.3) is 5.88 Å². The van der Waals surface area contributed by atoms with Gasteiger partial charge in [-0.25, -0.2) is 5.06 Å². The van der Waals surface area contributed by atoms with Crippen LogP contribution in [0.15, 0.2) is 34.9 Å². The van der Waals surface area contributed by atoms with Gasteiger partial charge in [-0.05, 0) is 25.9 Å². The zero-order chi connectivity index (χ0) is 17.6. The normalized spacial score (nSPS) is 10.9. The van der Waals surface area contributed by atoms with Gasteiger partial charge in [0.05, 0.1) is 12.1 Å². The van der Waals surface area contributed by atoms with Gasteiger partial charge in [-0.2, -0.15) is 5.26 Å². The molecule has 1 amide bonds. The summed E-state index contributed by atoms with van der Waals surface area (Å²) in [7, 11) is 0. The predicted molar refractivity (Wildman–Crippen MR) is 85.8 cm³/mol. The second-order valence-electron chi connectivity index (χ2n) is 5.97. The molecular formula is C17H19N3O4. The zero-order valence-electron chi connectivity index (χ0n) is 13.9. The standard InChI is InChI=1S/C17H19N3O4/c1-17(2,3)24-20(12-21)9-10-22-16-14(11-18)15(23-19-16)13-7-5-4-6-8-13/h4-8,12H,9-10H2,1-3H3. The molecule has 1 heterocycles. The summed E-state index contributed by atoms with van der Waals surface area (Å²) in [4.78, 5) is 16.4. The molecule has 0 saturated heterocycles. The molecule has 1 aromatic heterocycles. The highest BCUT2D eigenvalue weighted by atomic mass is 16.7. The van der Waals surface area contributed by atoms with Crippen molar-refractivity contribution in [2.24, 2.45) is 0 Å². The van der Waals surface area contributed by atoms with E-state index < -0.39 is 5.60 Å². The molecule has 2 aromatic rings. The average Bonchev–Trinajstić information content (AvgIpc) is 2.96. The number of aromatic nitrogens is 1. The second-order valence-corrected chi connectivity index (χ2v) is 5.97. The van der Waals surface area contributed by atoms with Crippen LogP contribution in [0.2, 0.25) is 0 Å². The van der Waals surface area contributed by atoms with Gasteiger partial charge in [-0.1, -0.05) is 30.3 Å². The van der Waals surface area contributed by atoms with Crippen molar-refractivity contribution in [2.75, 3.05) is 13.2 Å². The first-order chi connectivity index (χ1) is 11.4. The Labute approximate surface area is 140 Å². The minimum atomic E-state index is -0.493. The van der Waals surface area contributed by atoms with Crippen LogP contribution in [-0.4, -0.2) is 35.4 Å². The lowest BCUT2D eigenvalue weighted by molar-refractivity contribution is -0.217. The van der Waals surface area contributed by atoms with E-state index >= 15 is 0 Å². The summed E-state index contributed by atoms with van der Waals surface area (Å²) in [6.45, 7) is 5.81. The molecule has 7 nitrogen and oxygen atoms in total. The molecule has 24 heavy (non-hydrogen) atoms. The molecule has 0 N–H and O–H groups in total. The SMILES string of the molecule is CC(C)(C)ON(C=O)CCOc1noc(-c2ccccc2)c1C#N. The summed E-state index contributed by atoms with van der Waals surface area (Å²) >= 11 is 0. The number of amides is 1. The van der Waals surface area contributed by atoms with Gasteiger partial charge in [0.2, 0.25) is 6.41 Å². The Morgan fingerprint density at radius 2 is 2.04 bits per heavy atom. The topological polar surface area (TPSA) is 88.6 Å². The summed E-state index contributed by atoms with van der Waals surface area (Å²) in [5, 5.41) is 14.3. The largest absolute Gasteiger partial charge is 0.473 e. The number of rotatable bonds is 7. The monoisotopic (exact) mass is 329 g/mol. The van der Waals surface area contributed by atoms with Crippen molar-refractivity contribution in [1.82, 2.24) is 10.2 Å². The van der Waals surface area contributed by atoms with Crippen molar-refractivity contribution < 1.29 is 18.9 Å². The van der Waals surface area contributed by atoms with Gasteiger partial charge in [0.15, 0.2) is 11.3 Å². The van der Waals surface area contributed by atoms with Gasteiger partial charge in [0.1, 0.15) is 12.7 Å². The Hall–Kier alpha value is -2.85. The third-order valence-electron chi connectivity index (χ3n) is 2.87. The molecule has 0 spiro atoms. The molecule has 0 bridgehead atoms. The van der Waals surface area contributed by atoms with Crippen LogP contribution in [0.4, 0.5) is 0 Å². The molecule has 1 aromatic carbocycles. The smallest absolute Gasteiger partial charge is 0.273 e. The first-order valence-corrected chi connectivity index (χ1v) is 7.43. The van der Waals surface area contributed by atoms with E-state index in [1.807, 2.05) is 57.2 Å². The number of carbonyl (C=O) groups is 1. The number of hydrogen-bond donors (Lipinski definition) is 0. The van der Waals surface area contributed by atoms with Crippen molar-refractivity contribution >= 4 is 6.41 Å². The Kier molecular flexibility index (Phi) is 5.55. The predicted octanol–water partition coefficient (Wildman–Crippen LogP) is 2.78. The highest BCUT2D eigenvalue weighted by molar-refractivity contribution is 5.66. The van der Waals surface area contributed by atoms with E-state index in [1.165, 1.54) is 0 Å². The molecule has 0 aliphatic rings. The van der Waals surface area contributed by atoms with Crippen LogP contribution < -0.4 is 4.74 Å². The maximum absolute atomic E-state index is 11.0. The molecule has 0 atom stereocenters. The quantitative estimate of drug-likeness (QED) is 0.573. The number of carbonyl (C=O) groups excluding carboxylic acids is 1. The van der Waals surface area contributed by atoms with Crippen molar-refractivity contribution in [3.8, 4) is 23.3 Å². The van der Waals surface area contributed by atoms with Crippen molar-refractivity contribution in [2.45, 2.75) is 26.4 Å². The van der Waals surface area contributed by atoms with E-state index in [-0.39, 0.29) is 24.6 Å². The van der Waals surface area contributed by atoms with E-state index in [0.29, 0.717) is 12.2 Å². The van der Waals surface area contributed by atoms with E-state index in [1.54, 1.807) is 0 Å². The number of nitriles is 1. The molecule has 126 valence electrons. The molecule has 2 rings (SSSR count). The van der Waals surface area contributed by atoms with Gasteiger partial charge >= 0.3 is 0 Å². The Morgan fingerprint density at radius 3 is 2.62 bits per heavy atom. The first kappa shape index (κ1) is 17.5. The van der Waals surface area contributed by atoms with E-state index in [2.05, 4.69) is 5.16 Å². The van der Waals surface area contributed by atoms with Crippen LogP contribution in [0.1, 0.15) is 26.3 Å². The second kappa shape index (κ2) is 7.62. The molecule has 0 unspecified atom stereocenters. The van der Waals surface area contributed by atoms with Crippen LogP contribution in [-0.2, 0) is 9.63 Å². The highest BCUT2D eigenvalue weighted by Gasteiger charge is 2.20. The van der Waals surface area contributed by atoms with Crippen molar-refractivity contribution in [3.05, 3.63) is 35.9 Å². The minimum absolute atomic E-state index is 0.0953. The number of ether oxygens (including phenoxy) is 1. The third-order valence-corrected chi connectivity index (χ3v) is 2.87. The molecule has 0 radical (unpaired) electrons. The number of benzene rings is 1. The van der Waals surface area contributed by atoms with E-state index in [0.717, 1.165) is 10.6 Å². The number of hydroxylamine groups is 2. The summed E-state index contributed by atoms with van der Waals surface area (Å²) in [5.41, 5.74) is 0.463. The zero-order valence-corrected chi connectivity index (χ0v) is 13.9. The van der Waals surface area contributed by atoms with Crippen molar-refractivity contribution in [1.29, 1.82) is 5.26 Å². The fourth-order valence-electron chi connectivity index (χ4n) is 1.96. The van der Waals surface area contributed by atoms with E-state index in [4.69, 9.17) is 14.1 Å². The molecule has 7 heteroatoms.